The van der Waals surface area contributed by atoms with E-state index in [1.807, 2.05) is 49.4 Å². The Labute approximate surface area is 348 Å². The van der Waals surface area contributed by atoms with Gasteiger partial charge in [-0.05, 0) is 97.8 Å². The van der Waals surface area contributed by atoms with E-state index < -0.39 is 45.7 Å². The minimum atomic E-state index is -3.81. The minimum Gasteiger partial charge on any atom is -0.493 e. The maximum atomic E-state index is 14.0. The van der Waals surface area contributed by atoms with Crippen LogP contribution in [0.2, 0.25) is 0 Å². The van der Waals surface area contributed by atoms with Gasteiger partial charge in [-0.15, -0.1) is 0 Å². The lowest BCUT2D eigenvalue weighted by Crippen LogP contribution is -2.54. The van der Waals surface area contributed by atoms with Crippen molar-refractivity contribution in [1.82, 2.24) is 14.5 Å². The van der Waals surface area contributed by atoms with Crippen LogP contribution < -0.4 is 20.7 Å². The fraction of sp³-hybridized carbons (Fsp3) is 0.356. The zero-order valence-corrected chi connectivity index (χ0v) is 34.0. The summed E-state index contributed by atoms with van der Waals surface area (Å²) in [6.07, 6.45) is 3.88. The number of sulfonamides is 1. The van der Waals surface area contributed by atoms with Crippen molar-refractivity contribution < 1.29 is 42.2 Å². The normalized spacial score (nSPS) is 21.2. The Morgan fingerprint density at radius 1 is 0.883 bits per heavy atom. The van der Waals surface area contributed by atoms with Crippen LogP contribution in [0.5, 0.6) is 5.75 Å². The molecule has 0 bridgehead atoms. The first-order valence-corrected chi connectivity index (χ1v) is 21.9. The molecule has 0 saturated carbocycles. The summed E-state index contributed by atoms with van der Waals surface area (Å²) >= 11 is 0. The molecule has 8 rings (SSSR count). The highest BCUT2D eigenvalue weighted by atomic mass is 32.2. The van der Waals surface area contributed by atoms with E-state index in [9.17, 15) is 37.5 Å². The summed E-state index contributed by atoms with van der Waals surface area (Å²) in [4.78, 5) is 64.6. The number of fused-ring (bicyclic) bond motifs is 4. The zero-order valence-electron chi connectivity index (χ0n) is 33.2. The topological polar surface area (TPSA) is 192 Å². The number of imide groups is 2. The van der Waals surface area contributed by atoms with Crippen molar-refractivity contribution in [3.63, 3.8) is 0 Å². The number of nitrogens with one attached hydrogen (secondary N) is 3. The molecule has 0 spiro atoms. The number of aliphatic hydroxyl groups is 1. The number of rotatable bonds is 14. The molecule has 4 aliphatic rings. The summed E-state index contributed by atoms with van der Waals surface area (Å²) < 4.78 is 35.5. The van der Waals surface area contributed by atoms with Crippen molar-refractivity contribution in [2.24, 2.45) is 5.92 Å². The molecular weight excluding hydrogens is 787 g/mol. The Morgan fingerprint density at radius 2 is 1.65 bits per heavy atom. The molecule has 0 radical (unpaired) electrons. The molecule has 312 valence electrons. The Balaban J connectivity index is 0.843. The quantitative estimate of drug-likeness (QED) is 0.0923. The van der Waals surface area contributed by atoms with E-state index in [4.69, 9.17) is 4.74 Å². The number of carbonyl (C=O) groups is 5. The van der Waals surface area contributed by atoms with Gasteiger partial charge in [-0.1, -0.05) is 54.8 Å². The summed E-state index contributed by atoms with van der Waals surface area (Å²) in [5, 5.41) is 18.9. The summed E-state index contributed by atoms with van der Waals surface area (Å²) in [5.41, 5.74) is 5.27. The number of piperidine rings is 1. The predicted molar refractivity (Wildman–Crippen MR) is 223 cm³/mol. The van der Waals surface area contributed by atoms with Crippen LogP contribution in [0.25, 0.3) is 11.1 Å². The minimum absolute atomic E-state index is 0.0402. The fourth-order valence-corrected chi connectivity index (χ4v) is 10.5. The summed E-state index contributed by atoms with van der Waals surface area (Å²) in [5.74, 6) is -2.28. The van der Waals surface area contributed by atoms with Gasteiger partial charge in [0.1, 0.15) is 11.8 Å². The molecule has 2 saturated heterocycles. The van der Waals surface area contributed by atoms with Gasteiger partial charge in [0.25, 0.3) is 11.8 Å². The lowest BCUT2D eigenvalue weighted by atomic mass is 9.82. The smallest absolute Gasteiger partial charge is 0.266 e. The number of benzene rings is 4. The van der Waals surface area contributed by atoms with E-state index in [2.05, 4.69) is 16.0 Å². The zero-order chi connectivity index (χ0) is 42.1. The SMILES string of the molecule is Cc1ccc(S(=O)(=O)N2CC[C@@H]3[C@H](CO)Nc4ccc(-c5cccc(NC(=O)CCCCCCOc6cccc7c6C(=O)N(C6CCC(=O)NC6=O)C7=O)c5)cc4[C@@H]32)cc1. The number of ether oxygens (including phenoxy) is 1. The highest BCUT2D eigenvalue weighted by molar-refractivity contribution is 7.89. The number of aliphatic hydroxyl groups excluding tert-OH is 1. The van der Waals surface area contributed by atoms with E-state index in [0.717, 1.165) is 45.7 Å². The first-order valence-electron chi connectivity index (χ1n) is 20.4. The largest absolute Gasteiger partial charge is 0.493 e. The van der Waals surface area contributed by atoms with E-state index in [0.29, 0.717) is 37.9 Å². The number of carbonyl (C=O) groups excluding carboxylic acids is 5. The third kappa shape index (κ3) is 7.92. The van der Waals surface area contributed by atoms with Crippen molar-refractivity contribution >= 4 is 50.9 Å². The Hall–Kier alpha value is -5.90. The lowest BCUT2D eigenvalue weighted by Gasteiger charge is -2.39. The van der Waals surface area contributed by atoms with Gasteiger partial charge >= 0.3 is 0 Å². The van der Waals surface area contributed by atoms with Crippen LogP contribution >= 0.6 is 0 Å². The van der Waals surface area contributed by atoms with Crippen LogP contribution in [-0.4, -0.2) is 84.1 Å². The molecule has 14 nitrogen and oxygen atoms in total. The second-order valence-corrected chi connectivity index (χ2v) is 17.7. The number of hydrogen-bond donors (Lipinski definition) is 4. The highest BCUT2D eigenvalue weighted by Crippen LogP contribution is 2.49. The van der Waals surface area contributed by atoms with E-state index in [1.165, 1.54) is 6.07 Å². The standard InChI is InChI=1S/C45H47N5O9S/c1-27-13-16-31(17-14-27)60(57,58)49-22-21-32-36(26-51)47-35-18-15-29(25-34(35)42(32)49)28-8-6-9-30(24-28)46-39(52)12-4-2-3-5-23-59-38-11-7-10-33-41(38)45(56)50(44(33)55)37-19-20-40(53)48-43(37)54/h6-11,13-18,24-25,32,36-37,42,47,51H,2-5,12,19-23,26H2,1H3,(H,46,52)(H,48,53,54)/t32-,36+,37?,42-/m1/s1. The highest BCUT2D eigenvalue weighted by Gasteiger charge is 2.49. The molecule has 60 heavy (non-hydrogen) atoms. The number of nitrogens with zero attached hydrogens (tertiary/aromatic N) is 2. The molecule has 4 heterocycles. The van der Waals surface area contributed by atoms with E-state index in [1.54, 1.807) is 40.7 Å². The van der Waals surface area contributed by atoms with Crippen LogP contribution in [0.3, 0.4) is 0 Å². The molecule has 5 amide bonds. The van der Waals surface area contributed by atoms with Crippen LogP contribution in [0.1, 0.15) is 89.3 Å². The number of anilines is 2. The average molecular weight is 834 g/mol. The molecule has 4 atom stereocenters. The van der Waals surface area contributed by atoms with Crippen LogP contribution in [0, 0.1) is 12.8 Å². The number of hydrogen-bond acceptors (Lipinski definition) is 10. The van der Waals surface area contributed by atoms with Crippen molar-refractivity contribution in [2.75, 3.05) is 30.4 Å². The van der Waals surface area contributed by atoms with Gasteiger partial charge in [-0.25, -0.2) is 8.42 Å². The third-order valence-electron chi connectivity index (χ3n) is 11.9. The summed E-state index contributed by atoms with van der Waals surface area (Å²) in [6.45, 7) is 2.44. The Morgan fingerprint density at radius 3 is 2.43 bits per heavy atom. The molecule has 4 aromatic rings. The van der Waals surface area contributed by atoms with Gasteiger partial charge < -0.3 is 20.5 Å². The third-order valence-corrected chi connectivity index (χ3v) is 13.8. The molecule has 1 unspecified atom stereocenters. The van der Waals surface area contributed by atoms with Crippen molar-refractivity contribution in [3.05, 3.63) is 107 Å². The molecule has 4 N–H and O–H groups in total. The second kappa shape index (κ2) is 17.0. The molecule has 4 aromatic carbocycles. The van der Waals surface area contributed by atoms with E-state index in [-0.39, 0.29) is 65.7 Å². The fourth-order valence-electron chi connectivity index (χ4n) is 8.84. The first-order chi connectivity index (χ1) is 28.9. The summed E-state index contributed by atoms with van der Waals surface area (Å²) in [7, 11) is -3.81. The number of unbranched alkanes of at least 4 members (excludes halogenated alkanes) is 3. The van der Waals surface area contributed by atoms with Crippen LogP contribution in [0.15, 0.2) is 89.8 Å². The van der Waals surface area contributed by atoms with E-state index >= 15 is 0 Å². The number of aryl methyl sites for hydroxylation is 1. The Kier molecular flexibility index (Phi) is 11.6. The van der Waals surface area contributed by atoms with Crippen LogP contribution in [-0.2, 0) is 24.4 Å². The maximum Gasteiger partial charge on any atom is 0.266 e. The Bertz CT molecular complexity index is 2470. The predicted octanol–water partition coefficient (Wildman–Crippen LogP) is 5.57. The van der Waals surface area contributed by atoms with Gasteiger partial charge in [-0.2, -0.15) is 4.31 Å². The molecule has 0 aliphatic carbocycles. The maximum absolute atomic E-state index is 14.0. The van der Waals surface area contributed by atoms with Crippen molar-refractivity contribution in [3.8, 4) is 16.9 Å². The van der Waals surface area contributed by atoms with Gasteiger partial charge in [0.05, 0.1) is 41.3 Å². The molecule has 2 fully saturated rings. The van der Waals surface area contributed by atoms with Gasteiger partial charge in [0.15, 0.2) is 0 Å². The van der Waals surface area contributed by atoms with Gasteiger partial charge in [0.2, 0.25) is 27.7 Å². The monoisotopic (exact) mass is 833 g/mol. The summed E-state index contributed by atoms with van der Waals surface area (Å²) in [6, 6.07) is 23.3. The lowest BCUT2D eigenvalue weighted by molar-refractivity contribution is -0.136. The molecule has 4 aliphatic heterocycles. The van der Waals surface area contributed by atoms with Gasteiger partial charge in [-0.3, -0.25) is 34.2 Å². The average Bonchev–Trinajstić information content (AvgIpc) is 3.80. The molecule has 0 aromatic heterocycles. The first kappa shape index (κ1) is 40.9. The molecule has 15 heteroatoms. The number of amides is 5. The second-order valence-electron chi connectivity index (χ2n) is 15.8. The van der Waals surface area contributed by atoms with Gasteiger partial charge in [0, 0.05) is 36.7 Å². The molecular formula is C45H47N5O9S. The van der Waals surface area contributed by atoms with Crippen molar-refractivity contribution in [1.29, 1.82) is 0 Å². The van der Waals surface area contributed by atoms with Crippen LogP contribution in [0.4, 0.5) is 11.4 Å². The van der Waals surface area contributed by atoms with Crippen molar-refractivity contribution in [2.45, 2.75) is 81.3 Å².